The van der Waals surface area contributed by atoms with E-state index in [1.54, 1.807) is 29.5 Å². The van der Waals surface area contributed by atoms with Crippen LogP contribution in [0.25, 0.3) is 21.7 Å². The maximum absolute atomic E-state index is 14.1. The lowest BCUT2D eigenvalue weighted by atomic mass is 9.85. The second kappa shape index (κ2) is 21.1. The second-order valence-corrected chi connectivity index (χ2v) is 18.5. The van der Waals surface area contributed by atoms with Crippen LogP contribution in [-0.2, 0) is 19.2 Å². The molecule has 0 saturated carbocycles. The van der Waals surface area contributed by atoms with Gasteiger partial charge in [-0.3, -0.25) is 24.1 Å². The molecule has 2 aromatic carbocycles. The van der Waals surface area contributed by atoms with Gasteiger partial charge in [0.25, 0.3) is 0 Å². The Hall–Kier alpha value is -5.65. The molecular weight excluding hydrogens is 821 g/mol. The summed E-state index contributed by atoms with van der Waals surface area (Å²) in [5.74, 6) is -1.39. The summed E-state index contributed by atoms with van der Waals surface area (Å²) in [4.78, 5) is 65.0. The molecule has 338 valence electrons. The van der Waals surface area contributed by atoms with Gasteiger partial charge in [-0.25, -0.2) is 4.98 Å². The predicted octanol–water partition coefficient (Wildman–Crippen LogP) is 4.42. The van der Waals surface area contributed by atoms with Gasteiger partial charge in [0.2, 0.25) is 23.6 Å². The summed E-state index contributed by atoms with van der Waals surface area (Å²) in [6, 6.07) is 14.5. The minimum Gasteiger partial charge on any atom is -0.507 e. The van der Waals surface area contributed by atoms with Crippen molar-refractivity contribution in [2.24, 2.45) is 5.41 Å². The number of nitrogen functional groups attached to an aromatic ring is 1. The number of aromatic nitrogens is 3. The van der Waals surface area contributed by atoms with Gasteiger partial charge in [0.05, 0.1) is 39.6 Å². The number of phenols is 1. The molecular formula is C46H62N10O6S. The number of nitrogens with two attached hydrogens (primary N) is 1. The number of aliphatic hydroxyl groups excluding tert-OH is 1. The van der Waals surface area contributed by atoms with Crippen molar-refractivity contribution in [1.82, 2.24) is 40.9 Å². The summed E-state index contributed by atoms with van der Waals surface area (Å²) in [5.41, 5.74) is 12.2. The highest BCUT2D eigenvalue weighted by Crippen LogP contribution is 2.33. The summed E-state index contributed by atoms with van der Waals surface area (Å²) in [6.45, 7) is 14.0. The number of aromatic hydroxyl groups is 1. The van der Waals surface area contributed by atoms with Crippen LogP contribution in [0.3, 0.4) is 0 Å². The number of rotatable bonds is 17. The fraction of sp³-hybridized carbons (Fsp3) is 0.500. The van der Waals surface area contributed by atoms with E-state index in [1.807, 2.05) is 76.5 Å². The van der Waals surface area contributed by atoms with Crippen LogP contribution < -0.4 is 26.6 Å². The lowest BCUT2D eigenvalue weighted by Crippen LogP contribution is -2.58. The molecule has 2 aromatic heterocycles. The van der Waals surface area contributed by atoms with Crippen molar-refractivity contribution in [2.45, 2.75) is 97.4 Å². The molecule has 16 nitrogen and oxygen atoms in total. The Morgan fingerprint density at radius 1 is 0.937 bits per heavy atom. The molecule has 63 heavy (non-hydrogen) atoms. The molecule has 7 N–H and O–H groups in total. The molecule has 2 saturated heterocycles. The number of anilines is 2. The van der Waals surface area contributed by atoms with Gasteiger partial charge in [-0.15, -0.1) is 21.5 Å². The highest BCUT2D eigenvalue weighted by molar-refractivity contribution is 7.13. The first kappa shape index (κ1) is 46.8. The molecule has 6 rings (SSSR count). The maximum atomic E-state index is 14.1. The van der Waals surface area contributed by atoms with Gasteiger partial charge < -0.3 is 41.7 Å². The van der Waals surface area contributed by atoms with Crippen molar-refractivity contribution in [1.29, 1.82) is 0 Å². The number of amides is 4. The highest BCUT2D eigenvalue weighted by atomic mass is 32.1. The second-order valence-electron chi connectivity index (χ2n) is 17.7. The molecule has 2 aliphatic heterocycles. The van der Waals surface area contributed by atoms with E-state index in [9.17, 15) is 29.4 Å². The number of hydrogen-bond acceptors (Lipinski definition) is 13. The van der Waals surface area contributed by atoms with Crippen LogP contribution in [0.2, 0.25) is 0 Å². The van der Waals surface area contributed by atoms with Crippen molar-refractivity contribution in [3.05, 3.63) is 71.4 Å². The number of likely N-dealkylation sites (tertiary alicyclic amines) is 1. The smallest absolute Gasteiger partial charge is 0.246 e. The maximum Gasteiger partial charge on any atom is 0.246 e. The lowest BCUT2D eigenvalue weighted by Gasteiger charge is -2.36. The van der Waals surface area contributed by atoms with Gasteiger partial charge >= 0.3 is 0 Å². The number of aryl methyl sites for hydroxylation is 1. The minimum atomic E-state index is -1.03. The summed E-state index contributed by atoms with van der Waals surface area (Å²) < 4.78 is 0. The van der Waals surface area contributed by atoms with Gasteiger partial charge in [-0.1, -0.05) is 70.0 Å². The van der Waals surface area contributed by atoms with E-state index in [1.165, 1.54) is 4.90 Å². The van der Waals surface area contributed by atoms with Crippen LogP contribution in [0.1, 0.15) is 83.5 Å². The SMILES string of the molecule is Cc1ncsc1-c1ccc([C@H](C)NC(=O)[C@@H]2C[C@@H](O)CN2C(=O)[C@@H](NC(=O)CC(=O)NCCCCCCN2CCN(c3cc(-c4ccccc4O)nnc3N)CC2)C(C)(C)C)cc1. The predicted molar refractivity (Wildman–Crippen MR) is 245 cm³/mol. The first-order valence-corrected chi connectivity index (χ1v) is 22.7. The molecule has 4 aromatic rings. The molecule has 2 aliphatic rings. The number of benzene rings is 2. The Kier molecular flexibility index (Phi) is 15.7. The van der Waals surface area contributed by atoms with E-state index >= 15 is 0 Å². The van der Waals surface area contributed by atoms with Crippen molar-refractivity contribution >= 4 is 46.5 Å². The number of para-hydroxylation sites is 1. The van der Waals surface area contributed by atoms with Gasteiger partial charge in [0.15, 0.2) is 5.82 Å². The largest absolute Gasteiger partial charge is 0.507 e. The van der Waals surface area contributed by atoms with Crippen molar-refractivity contribution in [3.63, 3.8) is 0 Å². The normalized spacial score (nSPS) is 17.9. The molecule has 4 atom stereocenters. The number of phenolic OH excluding ortho intramolecular Hbond substituents is 1. The van der Waals surface area contributed by atoms with Crippen LogP contribution >= 0.6 is 11.3 Å². The summed E-state index contributed by atoms with van der Waals surface area (Å²) in [6.07, 6.45) is 2.46. The number of carbonyl (C=O) groups excluding carboxylic acids is 4. The van der Waals surface area contributed by atoms with E-state index < -0.39 is 53.7 Å². The van der Waals surface area contributed by atoms with E-state index in [-0.39, 0.29) is 24.8 Å². The standard InChI is InChI=1S/C46H62N10O6S/c1-29(31-14-16-32(17-15-31)41-30(2)49-28-63-41)50-44(61)37-24-33(57)27-56(37)45(62)42(46(3,4)5)51-40(60)26-39(59)48-18-10-6-7-11-19-54-20-22-55(23-21-54)36-25-35(52-53-43(36)47)34-12-8-9-13-38(34)58/h8-9,12-17,25,28-29,33,37,42,57-58H,6-7,10-11,18-24,26-27H2,1-5H3,(H2,47,53)(H,48,59)(H,50,61)(H,51,60)/t29-,33+,37-,42+/m0/s1. The minimum absolute atomic E-state index is 0.0445. The van der Waals surface area contributed by atoms with E-state index in [2.05, 4.69) is 40.9 Å². The van der Waals surface area contributed by atoms with Crippen molar-refractivity contribution in [2.75, 3.05) is 56.4 Å². The molecule has 2 fully saturated rings. The average molecular weight is 883 g/mol. The number of unbranched alkanes of at least 4 members (excludes halogenated alkanes) is 3. The Labute approximate surface area is 373 Å². The average Bonchev–Trinajstić information content (AvgIpc) is 3.87. The summed E-state index contributed by atoms with van der Waals surface area (Å²) in [5, 5.41) is 37.8. The van der Waals surface area contributed by atoms with Crippen molar-refractivity contribution < 1.29 is 29.4 Å². The van der Waals surface area contributed by atoms with Crippen LogP contribution in [0.15, 0.2) is 60.1 Å². The number of nitrogens with zero attached hydrogens (tertiary/aromatic N) is 6. The molecule has 0 bridgehead atoms. The lowest BCUT2D eigenvalue weighted by molar-refractivity contribution is -0.144. The zero-order valence-electron chi connectivity index (χ0n) is 37.0. The Balaban J connectivity index is 0.889. The fourth-order valence-corrected chi connectivity index (χ4v) is 8.97. The van der Waals surface area contributed by atoms with Crippen LogP contribution in [0.4, 0.5) is 11.5 Å². The number of piperazine rings is 1. The molecule has 4 amide bonds. The molecule has 17 heteroatoms. The quantitative estimate of drug-likeness (QED) is 0.0642. The third-order valence-electron chi connectivity index (χ3n) is 11.8. The van der Waals surface area contributed by atoms with Gasteiger partial charge in [-0.2, -0.15) is 0 Å². The highest BCUT2D eigenvalue weighted by Gasteiger charge is 2.45. The van der Waals surface area contributed by atoms with E-state index in [4.69, 9.17) is 5.73 Å². The first-order valence-electron chi connectivity index (χ1n) is 21.8. The number of carbonyl (C=O) groups is 4. The Morgan fingerprint density at radius 2 is 1.65 bits per heavy atom. The molecule has 0 spiro atoms. The van der Waals surface area contributed by atoms with Crippen LogP contribution in [0.5, 0.6) is 5.75 Å². The van der Waals surface area contributed by atoms with E-state index in [0.29, 0.717) is 23.6 Å². The fourth-order valence-electron chi connectivity index (χ4n) is 8.16. The third-order valence-corrected chi connectivity index (χ3v) is 12.8. The summed E-state index contributed by atoms with van der Waals surface area (Å²) >= 11 is 1.57. The third kappa shape index (κ3) is 12.3. The van der Waals surface area contributed by atoms with Crippen LogP contribution in [-0.4, -0.2) is 123 Å². The molecule has 4 heterocycles. The van der Waals surface area contributed by atoms with E-state index in [0.717, 1.165) is 85.8 Å². The van der Waals surface area contributed by atoms with Gasteiger partial charge in [0, 0.05) is 51.3 Å². The van der Waals surface area contributed by atoms with Crippen LogP contribution in [0, 0.1) is 12.3 Å². The zero-order chi connectivity index (χ0) is 45.3. The monoisotopic (exact) mass is 882 g/mol. The summed E-state index contributed by atoms with van der Waals surface area (Å²) in [7, 11) is 0. The van der Waals surface area contributed by atoms with Crippen molar-refractivity contribution in [3.8, 4) is 27.4 Å². The van der Waals surface area contributed by atoms with Gasteiger partial charge in [0.1, 0.15) is 24.3 Å². The first-order chi connectivity index (χ1) is 30.1. The van der Waals surface area contributed by atoms with Gasteiger partial charge in [-0.05, 0) is 68.0 Å². The number of aliphatic hydroxyl groups is 1. The number of hydrogen-bond donors (Lipinski definition) is 6. The number of thiazole rings is 1. The molecule has 0 aliphatic carbocycles. The molecule has 0 radical (unpaired) electrons. The Morgan fingerprint density at radius 3 is 2.33 bits per heavy atom. The number of β-amino-alcohol motifs (C(OH)–C–C–N with tert-alkyl or cyclic N) is 1. The topological polar surface area (TPSA) is 219 Å². The Bertz CT molecular complexity index is 2200. The zero-order valence-corrected chi connectivity index (χ0v) is 37.8. The molecule has 0 unspecified atom stereocenters. The number of nitrogens with one attached hydrogen (secondary N) is 3.